The minimum atomic E-state index is -0.959. The molecule has 0 unspecified atom stereocenters. The van der Waals surface area contributed by atoms with Crippen LogP contribution in [0.25, 0.3) is 5.65 Å². The van der Waals surface area contributed by atoms with Crippen molar-refractivity contribution in [1.29, 1.82) is 0 Å². The zero-order valence-corrected chi connectivity index (χ0v) is 10.6. The van der Waals surface area contributed by atoms with Crippen molar-refractivity contribution >= 4 is 23.4 Å². The van der Waals surface area contributed by atoms with Crippen LogP contribution in [0, 0.1) is 0 Å². The molecule has 0 atom stereocenters. The van der Waals surface area contributed by atoms with Gasteiger partial charge in [-0.15, -0.1) is 10.2 Å². The van der Waals surface area contributed by atoms with E-state index < -0.39 is 5.97 Å². The third-order valence-electron chi connectivity index (χ3n) is 3.28. The van der Waals surface area contributed by atoms with E-state index in [2.05, 4.69) is 10.2 Å². The van der Waals surface area contributed by atoms with Crippen LogP contribution in [0.2, 0.25) is 0 Å². The topological polar surface area (TPSA) is 67.5 Å². The van der Waals surface area contributed by atoms with Gasteiger partial charge in [0.05, 0.1) is 0 Å². The average Bonchev–Trinajstić information content (AvgIpc) is 2.83. The van der Waals surface area contributed by atoms with Crippen molar-refractivity contribution in [2.75, 3.05) is 11.5 Å². The smallest absolute Gasteiger partial charge is 0.339 e. The first kappa shape index (κ1) is 11.5. The van der Waals surface area contributed by atoms with Crippen LogP contribution in [0.15, 0.2) is 18.3 Å². The van der Waals surface area contributed by atoms with E-state index in [1.807, 2.05) is 22.4 Å². The van der Waals surface area contributed by atoms with E-state index in [0.717, 1.165) is 30.2 Å². The Morgan fingerprint density at radius 1 is 1.39 bits per heavy atom. The van der Waals surface area contributed by atoms with E-state index >= 15 is 0 Å². The number of nitrogens with zero attached hydrogens (tertiary/aromatic N) is 3. The second-order valence-corrected chi connectivity index (χ2v) is 5.59. The monoisotopic (exact) mass is 263 g/mol. The number of hydrogen-bond donors (Lipinski definition) is 1. The van der Waals surface area contributed by atoms with Crippen molar-refractivity contribution in [3.05, 3.63) is 29.7 Å². The lowest BCUT2D eigenvalue weighted by molar-refractivity contribution is 0.0698. The fraction of sp³-hybridized carbons (Fsp3) is 0.417. The normalized spacial score (nSPS) is 17.1. The van der Waals surface area contributed by atoms with E-state index in [-0.39, 0.29) is 5.56 Å². The Balaban J connectivity index is 2.08. The molecule has 18 heavy (non-hydrogen) atoms. The summed E-state index contributed by atoms with van der Waals surface area (Å²) in [5.41, 5.74) is 0.652. The van der Waals surface area contributed by atoms with E-state index in [1.54, 1.807) is 12.1 Å². The number of pyridine rings is 1. The van der Waals surface area contributed by atoms with Gasteiger partial charge in [-0.3, -0.25) is 4.40 Å². The Morgan fingerprint density at radius 3 is 2.89 bits per heavy atom. The van der Waals surface area contributed by atoms with E-state index in [1.165, 1.54) is 0 Å². The summed E-state index contributed by atoms with van der Waals surface area (Å²) in [6, 6.07) is 3.30. The summed E-state index contributed by atoms with van der Waals surface area (Å²) in [5, 5.41) is 17.4. The van der Waals surface area contributed by atoms with Gasteiger partial charge in [-0.25, -0.2) is 4.79 Å². The molecular weight excluding hydrogens is 250 g/mol. The Kier molecular flexibility index (Phi) is 2.95. The van der Waals surface area contributed by atoms with Crippen LogP contribution in [0.1, 0.15) is 34.9 Å². The number of thioether (sulfide) groups is 1. The van der Waals surface area contributed by atoms with Gasteiger partial charge in [0.2, 0.25) is 0 Å². The molecule has 0 bridgehead atoms. The highest BCUT2D eigenvalue weighted by Gasteiger charge is 2.22. The first-order valence-electron chi connectivity index (χ1n) is 5.92. The summed E-state index contributed by atoms with van der Waals surface area (Å²) in [4.78, 5) is 11.1. The van der Waals surface area contributed by atoms with E-state index in [0.29, 0.717) is 11.6 Å². The third kappa shape index (κ3) is 1.86. The van der Waals surface area contributed by atoms with Crippen LogP contribution in [0.3, 0.4) is 0 Å². The van der Waals surface area contributed by atoms with Gasteiger partial charge in [0.1, 0.15) is 11.4 Å². The van der Waals surface area contributed by atoms with Gasteiger partial charge < -0.3 is 5.11 Å². The lowest BCUT2D eigenvalue weighted by Crippen LogP contribution is -2.11. The predicted octanol–water partition coefficient (Wildman–Crippen LogP) is 2.04. The van der Waals surface area contributed by atoms with Gasteiger partial charge in [-0.1, -0.05) is 0 Å². The minimum Gasteiger partial charge on any atom is -0.478 e. The van der Waals surface area contributed by atoms with Gasteiger partial charge in [0.15, 0.2) is 5.65 Å². The van der Waals surface area contributed by atoms with Crippen LogP contribution < -0.4 is 0 Å². The molecule has 2 aromatic heterocycles. The molecule has 0 aromatic carbocycles. The zero-order valence-electron chi connectivity index (χ0n) is 9.74. The quantitative estimate of drug-likeness (QED) is 0.898. The number of hydrogen-bond acceptors (Lipinski definition) is 4. The molecule has 1 aliphatic rings. The van der Waals surface area contributed by atoms with Crippen molar-refractivity contribution in [1.82, 2.24) is 14.6 Å². The molecular formula is C12H13N3O2S. The van der Waals surface area contributed by atoms with Crippen LogP contribution in [0.5, 0.6) is 0 Å². The summed E-state index contributed by atoms with van der Waals surface area (Å²) in [6.07, 6.45) is 4.02. The summed E-state index contributed by atoms with van der Waals surface area (Å²) >= 11 is 1.96. The maximum Gasteiger partial charge on any atom is 0.339 e. The average molecular weight is 263 g/mol. The largest absolute Gasteiger partial charge is 0.478 e. The van der Waals surface area contributed by atoms with Crippen molar-refractivity contribution < 1.29 is 9.90 Å². The van der Waals surface area contributed by atoms with Crippen molar-refractivity contribution in [3.63, 3.8) is 0 Å². The molecule has 5 nitrogen and oxygen atoms in total. The Morgan fingerprint density at radius 2 is 2.17 bits per heavy atom. The van der Waals surface area contributed by atoms with Crippen LogP contribution in [-0.2, 0) is 0 Å². The molecule has 0 saturated carbocycles. The molecule has 1 saturated heterocycles. The molecule has 0 aliphatic carbocycles. The predicted molar refractivity (Wildman–Crippen MR) is 69.2 cm³/mol. The van der Waals surface area contributed by atoms with Crippen molar-refractivity contribution in [2.24, 2.45) is 0 Å². The fourth-order valence-electron chi connectivity index (χ4n) is 2.33. The molecule has 0 spiro atoms. The molecule has 6 heteroatoms. The van der Waals surface area contributed by atoms with Crippen LogP contribution in [-0.4, -0.2) is 37.2 Å². The highest BCUT2D eigenvalue weighted by Crippen LogP contribution is 2.30. The number of carbonyl (C=O) groups is 1. The van der Waals surface area contributed by atoms with E-state index in [9.17, 15) is 4.79 Å². The number of rotatable bonds is 2. The van der Waals surface area contributed by atoms with Gasteiger partial charge in [0, 0.05) is 12.1 Å². The zero-order chi connectivity index (χ0) is 12.5. The molecule has 94 valence electrons. The highest BCUT2D eigenvalue weighted by atomic mass is 32.2. The first-order valence-corrected chi connectivity index (χ1v) is 7.07. The lowest BCUT2D eigenvalue weighted by Gasteiger charge is -2.19. The molecule has 1 aliphatic heterocycles. The highest BCUT2D eigenvalue weighted by molar-refractivity contribution is 7.99. The molecule has 3 heterocycles. The number of carboxylic acids is 1. The Labute approximate surface area is 108 Å². The summed E-state index contributed by atoms with van der Waals surface area (Å²) < 4.78 is 1.82. The Bertz CT molecular complexity index is 590. The number of aromatic carboxylic acids is 1. The first-order chi connectivity index (χ1) is 8.77. The van der Waals surface area contributed by atoms with Crippen LogP contribution >= 0.6 is 11.8 Å². The molecule has 2 aromatic rings. The summed E-state index contributed by atoms with van der Waals surface area (Å²) in [5.74, 6) is 2.61. The molecule has 0 amide bonds. The van der Waals surface area contributed by atoms with E-state index in [4.69, 9.17) is 5.11 Å². The maximum atomic E-state index is 11.1. The molecule has 3 rings (SSSR count). The number of carboxylic acid groups (broad SMARTS) is 1. The fourth-order valence-corrected chi connectivity index (χ4v) is 3.44. The lowest BCUT2D eigenvalue weighted by atomic mass is 10.0. The van der Waals surface area contributed by atoms with Crippen molar-refractivity contribution in [3.8, 4) is 0 Å². The standard InChI is InChI=1S/C12H13N3O2S/c16-12(17)9-2-1-5-15-10(13-14-11(9)15)8-3-6-18-7-4-8/h1-2,5,8H,3-4,6-7H2,(H,16,17). The Hall–Kier alpha value is -1.56. The van der Waals surface area contributed by atoms with Gasteiger partial charge in [0.25, 0.3) is 0 Å². The van der Waals surface area contributed by atoms with Gasteiger partial charge >= 0.3 is 5.97 Å². The molecule has 1 N–H and O–H groups in total. The van der Waals surface area contributed by atoms with Crippen molar-refractivity contribution in [2.45, 2.75) is 18.8 Å². The summed E-state index contributed by atoms with van der Waals surface area (Å²) in [6.45, 7) is 0. The second kappa shape index (κ2) is 4.61. The van der Waals surface area contributed by atoms with Gasteiger partial charge in [-0.2, -0.15) is 11.8 Å². The molecule has 0 radical (unpaired) electrons. The summed E-state index contributed by atoms with van der Waals surface area (Å²) in [7, 11) is 0. The number of aromatic nitrogens is 3. The molecule has 1 fully saturated rings. The number of fused-ring (bicyclic) bond motifs is 1. The third-order valence-corrected chi connectivity index (χ3v) is 4.33. The minimum absolute atomic E-state index is 0.210. The maximum absolute atomic E-state index is 11.1. The SMILES string of the molecule is O=C(O)c1cccn2c(C3CCSCC3)nnc12. The van der Waals surface area contributed by atoms with Crippen LogP contribution in [0.4, 0.5) is 0 Å². The van der Waals surface area contributed by atoms with Gasteiger partial charge in [-0.05, 0) is 36.5 Å². The second-order valence-electron chi connectivity index (χ2n) is 4.37.